The van der Waals surface area contributed by atoms with Gasteiger partial charge in [0.05, 0.1) is 71.7 Å². The molecule has 1 aliphatic heterocycles. The van der Waals surface area contributed by atoms with Crippen molar-refractivity contribution in [3.05, 3.63) is 167 Å². The lowest BCUT2D eigenvalue weighted by Crippen LogP contribution is -2.31. The maximum atomic E-state index is 13.8. The highest BCUT2D eigenvalue weighted by molar-refractivity contribution is 5.94. The molecule has 0 spiro atoms. The van der Waals surface area contributed by atoms with Gasteiger partial charge in [-0.25, -0.2) is 19.9 Å². The van der Waals surface area contributed by atoms with E-state index < -0.39 is 0 Å². The number of rotatable bonds is 2. The van der Waals surface area contributed by atoms with Crippen LogP contribution in [0.5, 0.6) is 0 Å². The van der Waals surface area contributed by atoms with Crippen LogP contribution in [0.4, 0.5) is 0 Å². The van der Waals surface area contributed by atoms with Gasteiger partial charge in [-0.15, -0.1) is 0 Å². The van der Waals surface area contributed by atoms with Gasteiger partial charge in [-0.1, -0.05) is 60.7 Å². The second-order valence-electron chi connectivity index (χ2n) is 11.1. The van der Waals surface area contributed by atoms with Crippen molar-refractivity contribution in [1.29, 1.82) is 0 Å². The number of aromatic nitrogens is 4. The summed E-state index contributed by atoms with van der Waals surface area (Å²) in [5.41, 5.74) is 6.81. The molecule has 7 rings (SSSR count). The number of pyridine rings is 4. The van der Waals surface area contributed by atoms with E-state index in [9.17, 15) is 9.59 Å². The smallest absolute Gasteiger partial charge is 0.254 e. The molecule has 2 aromatic carbocycles. The average molecular weight is 603 g/mol. The van der Waals surface area contributed by atoms with Crippen LogP contribution in [0.2, 0.25) is 0 Å². The molecule has 0 saturated carbocycles. The van der Waals surface area contributed by atoms with E-state index in [0.29, 0.717) is 33.9 Å². The highest BCUT2D eigenvalue weighted by Crippen LogP contribution is 2.22. The van der Waals surface area contributed by atoms with E-state index in [4.69, 9.17) is 19.9 Å². The predicted octanol–water partition coefficient (Wildman–Crippen LogP) is 6.60. The molecular weight excluding hydrogens is 572 g/mol. The summed E-state index contributed by atoms with van der Waals surface area (Å²) in [6, 6.07) is 41.5. The Bertz CT molecular complexity index is 1770. The molecule has 4 aromatic heterocycles. The fourth-order valence-corrected chi connectivity index (χ4v) is 5.55. The number of nitrogens with zero attached hydrogens (tertiary/aromatic N) is 6. The van der Waals surface area contributed by atoms with Gasteiger partial charge in [0.15, 0.2) is 0 Å². The van der Waals surface area contributed by atoms with Gasteiger partial charge in [0, 0.05) is 11.1 Å². The van der Waals surface area contributed by atoms with Crippen molar-refractivity contribution >= 4 is 11.8 Å². The number of benzene rings is 2. The second-order valence-corrected chi connectivity index (χ2v) is 11.1. The lowest BCUT2D eigenvalue weighted by atomic mass is 10.1. The van der Waals surface area contributed by atoms with Crippen molar-refractivity contribution < 1.29 is 9.59 Å². The van der Waals surface area contributed by atoms with Gasteiger partial charge in [0.1, 0.15) is 0 Å². The second kappa shape index (κ2) is 12.9. The van der Waals surface area contributed by atoms with Crippen LogP contribution in [0.25, 0.3) is 22.8 Å². The topological polar surface area (TPSA) is 92.2 Å². The summed E-state index contributed by atoms with van der Waals surface area (Å²) < 4.78 is 0. The maximum absolute atomic E-state index is 13.8. The first-order chi connectivity index (χ1) is 22.6. The van der Waals surface area contributed by atoms with Crippen molar-refractivity contribution in [3.8, 4) is 22.8 Å². The molecule has 0 fully saturated rings. The molecule has 0 aliphatic carbocycles. The molecule has 0 radical (unpaired) electrons. The number of fused-ring (bicyclic) bond motifs is 10. The van der Waals surface area contributed by atoms with Crippen LogP contribution in [0.3, 0.4) is 0 Å². The molecule has 8 nitrogen and oxygen atoms in total. The molecule has 5 heterocycles. The van der Waals surface area contributed by atoms with Crippen LogP contribution in [-0.2, 0) is 26.2 Å². The molecule has 0 unspecified atom stereocenters. The minimum absolute atomic E-state index is 0.113. The first-order valence-electron chi connectivity index (χ1n) is 15.1. The van der Waals surface area contributed by atoms with Crippen LogP contribution in [0.15, 0.2) is 133 Å². The predicted molar refractivity (Wildman–Crippen MR) is 175 cm³/mol. The van der Waals surface area contributed by atoms with E-state index in [1.807, 2.05) is 133 Å². The fraction of sp³-hybridized carbons (Fsp3) is 0.105. The number of hydrogen-bond acceptors (Lipinski definition) is 6. The Morgan fingerprint density at radius 2 is 0.652 bits per heavy atom. The molecule has 0 atom stereocenters. The molecular formula is C38H30N6O2. The summed E-state index contributed by atoms with van der Waals surface area (Å²) in [6.45, 7) is 1.11. The van der Waals surface area contributed by atoms with Gasteiger partial charge < -0.3 is 9.80 Å². The molecule has 0 N–H and O–H groups in total. The van der Waals surface area contributed by atoms with Crippen LogP contribution < -0.4 is 0 Å². The normalized spacial score (nSPS) is 13.0. The monoisotopic (exact) mass is 602 g/mol. The van der Waals surface area contributed by atoms with E-state index in [-0.39, 0.29) is 38.0 Å². The Morgan fingerprint density at radius 3 is 0.935 bits per heavy atom. The van der Waals surface area contributed by atoms with Gasteiger partial charge in [-0.05, 0) is 72.8 Å². The SMILES string of the molecule is O=C(c1ccccc1)N1Cc2cccc(n2)-c2cccc(n2)CN(C(=O)c2ccccc2)Cc2cccc(n2)-c2cccc(n2)C1. The summed E-state index contributed by atoms with van der Waals surface area (Å²) in [7, 11) is 0. The summed E-state index contributed by atoms with van der Waals surface area (Å²) in [4.78, 5) is 50.8. The first-order valence-corrected chi connectivity index (χ1v) is 15.1. The minimum Gasteiger partial charge on any atom is -0.327 e. The highest BCUT2D eigenvalue weighted by Gasteiger charge is 2.21. The molecule has 1 aliphatic rings. The summed E-state index contributed by atoms with van der Waals surface area (Å²) in [5, 5.41) is 0. The van der Waals surface area contributed by atoms with E-state index in [1.54, 1.807) is 9.80 Å². The number of carbonyl (C=O) groups excluding carboxylic acids is 2. The zero-order chi connectivity index (χ0) is 31.3. The first kappa shape index (κ1) is 28.7. The Kier molecular flexibility index (Phi) is 8.07. The highest BCUT2D eigenvalue weighted by atomic mass is 16.2. The third-order valence-electron chi connectivity index (χ3n) is 7.78. The molecule has 0 saturated heterocycles. The van der Waals surface area contributed by atoms with E-state index in [0.717, 1.165) is 22.8 Å². The molecule has 224 valence electrons. The lowest BCUT2D eigenvalue weighted by molar-refractivity contribution is 0.0719. The number of carbonyl (C=O) groups is 2. The fourth-order valence-electron chi connectivity index (χ4n) is 5.55. The van der Waals surface area contributed by atoms with Crippen molar-refractivity contribution in [3.63, 3.8) is 0 Å². The molecule has 8 heteroatoms. The summed E-state index contributed by atoms with van der Waals surface area (Å²) >= 11 is 0. The summed E-state index contributed by atoms with van der Waals surface area (Å²) in [6.07, 6.45) is 0. The summed E-state index contributed by atoms with van der Waals surface area (Å²) in [5.74, 6) is -0.226. The Labute approximate surface area is 267 Å². The van der Waals surface area contributed by atoms with Crippen molar-refractivity contribution in [2.24, 2.45) is 0 Å². The number of amides is 2. The minimum atomic E-state index is -0.113. The average Bonchev–Trinajstić information content (AvgIpc) is 3.11. The zero-order valence-electron chi connectivity index (χ0n) is 25.0. The Hall–Kier alpha value is -6.02. The lowest BCUT2D eigenvalue weighted by Gasteiger charge is -2.24. The quantitative estimate of drug-likeness (QED) is 0.222. The maximum Gasteiger partial charge on any atom is 0.254 e. The van der Waals surface area contributed by atoms with Gasteiger partial charge >= 0.3 is 0 Å². The van der Waals surface area contributed by atoms with E-state index in [1.165, 1.54) is 0 Å². The standard InChI is InChI=1S/C38H30N6O2/c45-37(27-11-3-1-4-12-27)43-23-29-15-7-19-33(39-29)35-21-9-17-31(41-35)25-44(38(46)28-13-5-2-6-14-28)26-32-18-10-22-36(42-32)34-20-8-16-30(24-43)40-34/h1-22H,23-26H2. The third kappa shape index (κ3) is 6.42. The van der Waals surface area contributed by atoms with E-state index >= 15 is 0 Å². The van der Waals surface area contributed by atoms with Crippen molar-refractivity contribution in [2.75, 3.05) is 0 Å². The molecule has 2 amide bonds. The Balaban J connectivity index is 1.33. The molecule has 6 aromatic rings. The van der Waals surface area contributed by atoms with Crippen molar-refractivity contribution in [2.45, 2.75) is 26.2 Å². The van der Waals surface area contributed by atoms with Crippen LogP contribution >= 0.6 is 0 Å². The van der Waals surface area contributed by atoms with Gasteiger partial charge in [0.25, 0.3) is 11.8 Å². The molecule has 46 heavy (non-hydrogen) atoms. The molecule has 8 bridgehead atoms. The van der Waals surface area contributed by atoms with Crippen LogP contribution in [0, 0.1) is 0 Å². The van der Waals surface area contributed by atoms with Gasteiger partial charge in [-0.2, -0.15) is 0 Å². The zero-order valence-corrected chi connectivity index (χ0v) is 25.0. The van der Waals surface area contributed by atoms with Gasteiger partial charge in [0.2, 0.25) is 0 Å². The van der Waals surface area contributed by atoms with Crippen LogP contribution in [0.1, 0.15) is 43.5 Å². The van der Waals surface area contributed by atoms with Crippen molar-refractivity contribution in [1.82, 2.24) is 29.7 Å². The Morgan fingerprint density at radius 1 is 0.370 bits per heavy atom. The van der Waals surface area contributed by atoms with E-state index in [2.05, 4.69) is 0 Å². The van der Waals surface area contributed by atoms with Crippen LogP contribution in [-0.4, -0.2) is 41.6 Å². The third-order valence-corrected chi connectivity index (χ3v) is 7.78. The van der Waals surface area contributed by atoms with Gasteiger partial charge in [-0.3, -0.25) is 9.59 Å². The number of hydrogen-bond donors (Lipinski definition) is 0. The largest absolute Gasteiger partial charge is 0.327 e.